The maximum atomic E-state index is 11.8. The van der Waals surface area contributed by atoms with E-state index in [-0.39, 0.29) is 23.3 Å². The summed E-state index contributed by atoms with van der Waals surface area (Å²) in [6.07, 6.45) is 4.27. The SMILES string of the molecule is O=S1(=O)Cc2ccc(-n3c(O)c4c(c3O)C3CCC4CC3)cc2C1. The lowest BCUT2D eigenvalue weighted by atomic mass is 9.68. The standard InChI is InChI=1S/C18H19NO4S/c20-17-15-10-1-2-11(4-3-10)16(15)18(21)19(17)14-6-5-12-8-24(22,23)9-13(12)7-14/h5-7,10-11,20-21H,1-4,8-9H2. The molecule has 2 bridgehead atoms. The van der Waals surface area contributed by atoms with Crippen molar-refractivity contribution in [3.05, 3.63) is 40.5 Å². The van der Waals surface area contributed by atoms with Gasteiger partial charge in [0.05, 0.1) is 17.2 Å². The van der Waals surface area contributed by atoms with Crippen LogP contribution in [0.2, 0.25) is 0 Å². The van der Waals surface area contributed by atoms with Gasteiger partial charge in [0.2, 0.25) is 11.8 Å². The monoisotopic (exact) mass is 345 g/mol. The van der Waals surface area contributed by atoms with E-state index in [1.807, 2.05) is 0 Å². The van der Waals surface area contributed by atoms with Crippen molar-refractivity contribution in [3.8, 4) is 17.4 Å². The fourth-order valence-corrected chi connectivity index (χ4v) is 6.45. The molecule has 0 unspecified atom stereocenters. The van der Waals surface area contributed by atoms with Gasteiger partial charge in [-0.15, -0.1) is 0 Å². The van der Waals surface area contributed by atoms with E-state index in [0.717, 1.165) is 47.9 Å². The second-order valence-electron chi connectivity index (χ2n) is 7.34. The Labute approximate surface area is 140 Å². The fraction of sp³-hybridized carbons (Fsp3) is 0.444. The van der Waals surface area contributed by atoms with Gasteiger partial charge in [-0.3, -0.25) is 4.57 Å². The summed E-state index contributed by atoms with van der Waals surface area (Å²) in [5.41, 5.74) is 4.02. The predicted octanol–water partition coefficient (Wildman–Crippen LogP) is 3.07. The van der Waals surface area contributed by atoms with E-state index >= 15 is 0 Å². The molecule has 2 aromatic rings. The third-order valence-electron chi connectivity index (χ3n) is 5.94. The molecule has 1 aliphatic heterocycles. The Morgan fingerprint density at radius 1 is 0.875 bits per heavy atom. The molecule has 24 heavy (non-hydrogen) atoms. The van der Waals surface area contributed by atoms with Gasteiger partial charge < -0.3 is 10.2 Å². The van der Waals surface area contributed by atoms with Gasteiger partial charge in [-0.1, -0.05) is 6.07 Å². The van der Waals surface area contributed by atoms with Crippen molar-refractivity contribution in [1.82, 2.24) is 4.57 Å². The molecule has 0 saturated heterocycles. The minimum atomic E-state index is -3.07. The van der Waals surface area contributed by atoms with Crippen molar-refractivity contribution >= 4 is 9.84 Å². The second kappa shape index (κ2) is 4.57. The van der Waals surface area contributed by atoms with Gasteiger partial charge in [0.1, 0.15) is 0 Å². The van der Waals surface area contributed by atoms with Crippen LogP contribution in [0.3, 0.4) is 0 Å². The van der Waals surface area contributed by atoms with E-state index in [4.69, 9.17) is 0 Å². The molecule has 1 aromatic carbocycles. The maximum Gasteiger partial charge on any atom is 0.202 e. The molecule has 0 spiro atoms. The van der Waals surface area contributed by atoms with Crippen LogP contribution in [0.1, 0.15) is 59.8 Å². The molecule has 2 heterocycles. The van der Waals surface area contributed by atoms with Crippen LogP contribution in [0, 0.1) is 0 Å². The first-order valence-electron chi connectivity index (χ1n) is 8.43. The van der Waals surface area contributed by atoms with Crippen molar-refractivity contribution in [2.24, 2.45) is 0 Å². The predicted molar refractivity (Wildman–Crippen MR) is 89.4 cm³/mol. The van der Waals surface area contributed by atoms with Crippen molar-refractivity contribution < 1.29 is 18.6 Å². The number of fused-ring (bicyclic) bond motifs is 3. The van der Waals surface area contributed by atoms with Crippen molar-refractivity contribution in [1.29, 1.82) is 0 Å². The van der Waals surface area contributed by atoms with Crippen molar-refractivity contribution in [2.45, 2.75) is 49.0 Å². The van der Waals surface area contributed by atoms with E-state index < -0.39 is 9.84 Å². The van der Waals surface area contributed by atoms with Gasteiger partial charge in [0.25, 0.3) is 0 Å². The molecule has 2 N–H and O–H groups in total. The number of aromatic hydroxyl groups is 2. The van der Waals surface area contributed by atoms with Gasteiger partial charge in [0, 0.05) is 11.1 Å². The minimum Gasteiger partial charge on any atom is -0.494 e. The highest BCUT2D eigenvalue weighted by Crippen LogP contribution is 2.57. The highest BCUT2D eigenvalue weighted by Gasteiger charge is 2.40. The van der Waals surface area contributed by atoms with E-state index in [0.29, 0.717) is 17.5 Å². The molecule has 1 saturated carbocycles. The van der Waals surface area contributed by atoms with Crippen LogP contribution >= 0.6 is 0 Å². The first-order valence-corrected chi connectivity index (χ1v) is 10.3. The highest BCUT2D eigenvalue weighted by atomic mass is 32.2. The summed E-state index contributed by atoms with van der Waals surface area (Å²) in [6.45, 7) is 0. The summed E-state index contributed by atoms with van der Waals surface area (Å²) in [5.74, 6) is 1.01. The normalized spacial score (nSPS) is 26.3. The third kappa shape index (κ3) is 1.83. The summed E-state index contributed by atoms with van der Waals surface area (Å²) in [6, 6.07) is 5.36. The molecule has 1 aromatic heterocycles. The molecular formula is C18H19NO4S. The van der Waals surface area contributed by atoms with Crippen LogP contribution in [-0.4, -0.2) is 23.2 Å². The maximum absolute atomic E-state index is 11.8. The Balaban J connectivity index is 1.69. The smallest absolute Gasteiger partial charge is 0.202 e. The topological polar surface area (TPSA) is 79.5 Å². The third-order valence-corrected chi connectivity index (χ3v) is 7.44. The molecule has 4 aliphatic rings. The number of hydrogen-bond acceptors (Lipinski definition) is 4. The number of rotatable bonds is 1. The first kappa shape index (κ1) is 14.4. The first-order chi connectivity index (χ1) is 11.4. The molecule has 126 valence electrons. The quantitative estimate of drug-likeness (QED) is 0.832. The summed E-state index contributed by atoms with van der Waals surface area (Å²) in [7, 11) is -3.07. The Bertz CT molecular complexity index is 930. The summed E-state index contributed by atoms with van der Waals surface area (Å²) >= 11 is 0. The van der Waals surface area contributed by atoms with Crippen LogP contribution in [0.5, 0.6) is 11.8 Å². The van der Waals surface area contributed by atoms with E-state index in [1.54, 1.807) is 18.2 Å². The zero-order valence-corrected chi connectivity index (χ0v) is 14.0. The van der Waals surface area contributed by atoms with Gasteiger partial charge in [-0.05, 0) is 60.8 Å². The highest BCUT2D eigenvalue weighted by molar-refractivity contribution is 7.90. The lowest BCUT2D eigenvalue weighted by Gasteiger charge is -2.35. The molecule has 0 radical (unpaired) electrons. The fourth-order valence-electron chi connectivity index (χ4n) is 4.85. The molecule has 5 nitrogen and oxygen atoms in total. The van der Waals surface area contributed by atoms with Crippen molar-refractivity contribution in [2.75, 3.05) is 0 Å². The number of aromatic nitrogens is 1. The summed E-state index contributed by atoms with van der Waals surface area (Å²) < 4.78 is 25.1. The average Bonchev–Trinajstić information content (AvgIpc) is 3.02. The Hall–Kier alpha value is -1.95. The minimum absolute atomic E-state index is 0.0317. The summed E-state index contributed by atoms with van der Waals surface area (Å²) in [5, 5.41) is 21.5. The molecule has 6 rings (SSSR count). The number of hydrogen-bond donors (Lipinski definition) is 2. The molecule has 0 atom stereocenters. The van der Waals surface area contributed by atoms with Gasteiger partial charge in [0.15, 0.2) is 9.84 Å². The largest absolute Gasteiger partial charge is 0.494 e. The molecule has 6 heteroatoms. The number of sulfone groups is 1. The second-order valence-corrected chi connectivity index (χ2v) is 9.41. The Morgan fingerprint density at radius 3 is 2.00 bits per heavy atom. The zero-order valence-electron chi connectivity index (χ0n) is 13.2. The average molecular weight is 345 g/mol. The van der Waals surface area contributed by atoms with Crippen LogP contribution in [0.25, 0.3) is 5.69 Å². The lowest BCUT2D eigenvalue weighted by Crippen LogP contribution is -2.19. The van der Waals surface area contributed by atoms with Crippen LogP contribution < -0.4 is 0 Å². The van der Waals surface area contributed by atoms with Crippen LogP contribution in [0.15, 0.2) is 18.2 Å². The molecular weight excluding hydrogens is 326 g/mol. The molecule has 3 aliphatic carbocycles. The molecule has 1 fully saturated rings. The van der Waals surface area contributed by atoms with E-state index in [1.165, 1.54) is 4.57 Å². The zero-order chi connectivity index (χ0) is 16.6. The van der Waals surface area contributed by atoms with Crippen LogP contribution in [-0.2, 0) is 21.3 Å². The van der Waals surface area contributed by atoms with Gasteiger partial charge in [-0.2, -0.15) is 0 Å². The van der Waals surface area contributed by atoms with E-state index in [2.05, 4.69) is 0 Å². The lowest BCUT2D eigenvalue weighted by molar-refractivity contribution is 0.339. The van der Waals surface area contributed by atoms with E-state index in [9.17, 15) is 18.6 Å². The number of nitrogens with zero attached hydrogens (tertiary/aromatic N) is 1. The van der Waals surface area contributed by atoms with Gasteiger partial charge >= 0.3 is 0 Å². The van der Waals surface area contributed by atoms with Gasteiger partial charge in [-0.25, -0.2) is 8.42 Å². The Morgan fingerprint density at radius 2 is 1.42 bits per heavy atom. The Kier molecular flexibility index (Phi) is 2.74. The number of benzene rings is 1. The molecule has 0 amide bonds. The summed E-state index contributed by atoms with van der Waals surface area (Å²) in [4.78, 5) is 0. The van der Waals surface area contributed by atoms with Crippen LogP contribution in [0.4, 0.5) is 0 Å². The van der Waals surface area contributed by atoms with Crippen molar-refractivity contribution in [3.63, 3.8) is 0 Å².